The first kappa shape index (κ1) is 26.4. The molecule has 1 spiro atoms. The molecule has 190 valence electrons. The van der Waals surface area contributed by atoms with Gasteiger partial charge in [-0.2, -0.15) is 13.2 Å². The number of sulfone groups is 1. The molecule has 2 fully saturated rings. The smallest absolute Gasteiger partial charge is 0.490 e. The number of pyridine rings is 1. The number of halogens is 3. The minimum Gasteiger partial charge on any atom is -0.508 e. The van der Waals surface area contributed by atoms with Gasteiger partial charge in [-0.3, -0.25) is 9.78 Å². The zero-order valence-corrected chi connectivity index (χ0v) is 19.1. The summed E-state index contributed by atoms with van der Waals surface area (Å²) in [5, 5.41) is 16.7. The SMILES string of the molecule is O=C(O)C(F)(F)F.O=C(c1cccc(O)c1)N1CC2(C1)C(COCc1cccnc1)CCS2(=O)=O. The maximum atomic E-state index is 12.7. The van der Waals surface area contributed by atoms with Crippen LogP contribution in [0.15, 0.2) is 48.8 Å². The van der Waals surface area contributed by atoms with Gasteiger partial charge >= 0.3 is 12.1 Å². The minimum absolute atomic E-state index is 0.0104. The van der Waals surface area contributed by atoms with Crippen LogP contribution in [0, 0.1) is 5.92 Å². The highest BCUT2D eigenvalue weighted by Gasteiger charge is 2.62. The summed E-state index contributed by atoms with van der Waals surface area (Å²) < 4.78 is 62.0. The monoisotopic (exact) mass is 516 g/mol. The number of carbonyl (C=O) groups excluding carboxylic acids is 1. The van der Waals surface area contributed by atoms with Crippen LogP contribution in [-0.2, 0) is 26.0 Å². The van der Waals surface area contributed by atoms with Gasteiger partial charge in [-0.1, -0.05) is 12.1 Å². The zero-order valence-electron chi connectivity index (χ0n) is 18.3. The van der Waals surface area contributed by atoms with Crippen LogP contribution in [0.1, 0.15) is 22.3 Å². The van der Waals surface area contributed by atoms with E-state index < -0.39 is 26.7 Å². The molecule has 1 aromatic heterocycles. The first-order valence-electron chi connectivity index (χ1n) is 10.4. The van der Waals surface area contributed by atoms with E-state index in [-0.39, 0.29) is 36.4 Å². The number of rotatable bonds is 5. The molecule has 9 nitrogen and oxygen atoms in total. The van der Waals surface area contributed by atoms with Crippen molar-refractivity contribution in [3.05, 3.63) is 59.9 Å². The number of phenolic OH excluding ortho intramolecular Hbond substituents is 1. The summed E-state index contributed by atoms with van der Waals surface area (Å²) in [5.41, 5.74) is 1.29. The van der Waals surface area contributed by atoms with E-state index in [1.54, 1.807) is 24.5 Å². The molecule has 4 rings (SSSR count). The number of aromatic hydroxyl groups is 1. The van der Waals surface area contributed by atoms with E-state index in [2.05, 4.69) is 4.98 Å². The lowest BCUT2D eigenvalue weighted by atomic mass is 9.83. The third-order valence-electron chi connectivity index (χ3n) is 5.95. The fraction of sp³-hybridized carbons (Fsp3) is 0.409. The Bertz CT molecular complexity index is 1170. The second kappa shape index (κ2) is 10.2. The summed E-state index contributed by atoms with van der Waals surface area (Å²) in [7, 11) is -3.29. The quantitative estimate of drug-likeness (QED) is 0.618. The highest BCUT2D eigenvalue weighted by Crippen LogP contribution is 2.45. The third-order valence-corrected chi connectivity index (χ3v) is 8.55. The molecule has 0 bridgehead atoms. The number of aliphatic carboxylic acids is 1. The minimum atomic E-state index is -5.08. The fourth-order valence-corrected chi connectivity index (χ4v) is 6.48. The van der Waals surface area contributed by atoms with Crippen molar-refractivity contribution < 1.29 is 46.1 Å². The molecule has 0 radical (unpaired) electrons. The average Bonchev–Trinajstić information content (AvgIpc) is 3.03. The molecule has 0 aliphatic carbocycles. The number of hydrogen-bond donors (Lipinski definition) is 2. The molecule has 1 aromatic carbocycles. The van der Waals surface area contributed by atoms with E-state index in [4.69, 9.17) is 14.6 Å². The lowest BCUT2D eigenvalue weighted by molar-refractivity contribution is -0.192. The van der Waals surface area contributed by atoms with Crippen LogP contribution in [0.25, 0.3) is 0 Å². The van der Waals surface area contributed by atoms with Gasteiger partial charge in [0, 0.05) is 37.0 Å². The standard InChI is InChI=1S/C20H22N2O5S.C2HF3O2/c23-18-5-1-4-16(9-18)19(24)22-13-20(14-22)17(6-8-28(20,25)26)12-27-11-15-3-2-7-21-10-15;3-2(4,5)1(6)7/h1-5,7,9-10,17,23H,6,8,11-14H2;(H,6,7). The maximum Gasteiger partial charge on any atom is 0.490 e. The summed E-state index contributed by atoms with van der Waals surface area (Å²) in [4.78, 5) is 27.1. The van der Waals surface area contributed by atoms with Crippen LogP contribution < -0.4 is 0 Å². The Morgan fingerprint density at radius 3 is 2.46 bits per heavy atom. The van der Waals surface area contributed by atoms with Gasteiger partial charge in [0.05, 0.1) is 19.0 Å². The van der Waals surface area contributed by atoms with E-state index in [1.807, 2.05) is 12.1 Å². The van der Waals surface area contributed by atoms with E-state index >= 15 is 0 Å². The van der Waals surface area contributed by atoms with Gasteiger partial charge in [0.25, 0.3) is 5.91 Å². The van der Waals surface area contributed by atoms with E-state index in [0.717, 1.165) is 5.56 Å². The van der Waals surface area contributed by atoms with Crippen molar-refractivity contribution in [3.8, 4) is 5.75 Å². The van der Waals surface area contributed by atoms with Crippen LogP contribution in [0.3, 0.4) is 0 Å². The summed E-state index contributed by atoms with van der Waals surface area (Å²) in [6.45, 7) is 1.06. The largest absolute Gasteiger partial charge is 0.508 e. The number of hydrogen-bond acceptors (Lipinski definition) is 7. The third kappa shape index (κ3) is 5.90. The number of amides is 1. The van der Waals surface area contributed by atoms with E-state index in [9.17, 15) is 31.5 Å². The van der Waals surface area contributed by atoms with Crippen molar-refractivity contribution in [1.82, 2.24) is 9.88 Å². The summed E-state index contributed by atoms with van der Waals surface area (Å²) in [6.07, 6.45) is -1.13. The zero-order chi connectivity index (χ0) is 25.9. The molecule has 35 heavy (non-hydrogen) atoms. The fourth-order valence-electron chi connectivity index (χ4n) is 4.08. The van der Waals surface area contributed by atoms with Crippen molar-refractivity contribution in [2.45, 2.75) is 24.0 Å². The van der Waals surface area contributed by atoms with Gasteiger partial charge in [-0.15, -0.1) is 0 Å². The number of benzene rings is 1. The number of carboxylic acids is 1. The number of alkyl halides is 3. The molecule has 1 atom stereocenters. The highest BCUT2D eigenvalue weighted by molar-refractivity contribution is 7.93. The van der Waals surface area contributed by atoms with Crippen molar-refractivity contribution >= 4 is 21.7 Å². The van der Waals surface area contributed by atoms with E-state index in [0.29, 0.717) is 25.2 Å². The number of carboxylic acid groups (broad SMARTS) is 1. The number of carbonyl (C=O) groups is 2. The Morgan fingerprint density at radius 2 is 1.89 bits per heavy atom. The van der Waals surface area contributed by atoms with Crippen molar-refractivity contribution in [3.63, 3.8) is 0 Å². The lowest BCUT2D eigenvalue weighted by Crippen LogP contribution is -2.68. The van der Waals surface area contributed by atoms with Gasteiger partial charge in [-0.05, 0) is 36.2 Å². The van der Waals surface area contributed by atoms with Gasteiger partial charge in [0.15, 0.2) is 9.84 Å². The Balaban J connectivity index is 0.000000429. The second-order valence-corrected chi connectivity index (χ2v) is 10.7. The Hall–Kier alpha value is -3.19. The molecule has 2 aliphatic heterocycles. The summed E-state index contributed by atoms with van der Waals surface area (Å²) >= 11 is 0. The number of phenols is 1. The highest BCUT2D eigenvalue weighted by atomic mass is 32.2. The first-order valence-corrected chi connectivity index (χ1v) is 12.1. The molecule has 2 aromatic rings. The first-order chi connectivity index (χ1) is 16.4. The Kier molecular flexibility index (Phi) is 7.70. The number of ether oxygens (including phenoxy) is 1. The molecule has 2 aliphatic rings. The van der Waals surface area contributed by atoms with Crippen molar-refractivity contribution in [2.75, 3.05) is 25.4 Å². The topological polar surface area (TPSA) is 134 Å². The maximum absolute atomic E-state index is 12.7. The van der Waals surface area contributed by atoms with Gasteiger partial charge in [0.1, 0.15) is 10.5 Å². The molecule has 0 saturated carbocycles. The summed E-state index contributed by atoms with van der Waals surface area (Å²) in [6, 6.07) is 9.84. The predicted octanol–water partition coefficient (Wildman–Crippen LogP) is 2.27. The molecule has 3 heterocycles. The molecule has 1 amide bonds. The van der Waals surface area contributed by atoms with Gasteiger partial charge in [0.2, 0.25) is 0 Å². The second-order valence-electron chi connectivity index (χ2n) is 8.26. The average molecular weight is 516 g/mol. The lowest BCUT2D eigenvalue weighted by Gasteiger charge is -2.49. The van der Waals surface area contributed by atoms with Crippen molar-refractivity contribution in [1.29, 1.82) is 0 Å². The van der Waals surface area contributed by atoms with Crippen LogP contribution in [-0.4, -0.2) is 76.8 Å². The normalized spacial score (nSPS) is 20.0. The molecule has 2 saturated heterocycles. The Labute approximate surface area is 199 Å². The molecule has 1 unspecified atom stereocenters. The number of nitrogens with zero attached hydrogens (tertiary/aromatic N) is 2. The van der Waals surface area contributed by atoms with Gasteiger partial charge < -0.3 is 19.8 Å². The van der Waals surface area contributed by atoms with Crippen LogP contribution in [0.4, 0.5) is 13.2 Å². The van der Waals surface area contributed by atoms with Crippen LogP contribution >= 0.6 is 0 Å². The number of likely N-dealkylation sites (tertiary alicyclic amines) is 1. The van der Waals surface area contributed by atoms with Crippen LogP contribution in [0.2, 0.25) is 0 Å². The Morgan fingerprint density at radius 1 is 1.20 bits per heavy atom. The number of aromatic nitrogens is 1. The summed E-state index contributed by atoms with van der Waals surface area (Å²) in [5.74, 6) is -3.02. The van der Waals surface area contributed by atoms with Gasteiger partial charge in [-0.25, -0.2) is 13.2 Å². The van der Waals surface area contributed by atoms with E-state index in [1.165, 1.54) is 17.0 Å². The molecular formula is C22H23F3N2O7S. The van der Waals surface area contributed by atoms with Crippen molar-refractivity contribution in [2.24, 2.45) is 5.92 Å². The predicted molar refractivity (Wildman–Crippen MR) is 116 cm³/mol. The van der Waals surface area contributed by atoms with Crippen LogP contribution in [0.5, 0.6) is 5.75 Å². The molecule has 2 N–H and O–H groups in total. The molecule has 13 heteroatoms. The molecular weight excluding hydrogens is 493 g/mol.